The maximum absolute atomic E-state index is 13.4. The SMILES string of the molecule is CCc1c(C)nc2n(c1=O)CN(C1CCCC(C)C1C)CN2c1cccc(C)c1. The van der Waals surface area contributed by atoms with Gasteiger partial charge in [-0.1, -0.05) is 45.7 Å². The molecule has 1 aliphatic heterocycles. The fourth-order valence-corrected chi connectivity index (χ4v) is 5.17. The van der Waals surface area contributed by atoms with E-state index >= 15 is 0 Å². The summed E-state index contributed by atoms with van der Waals surface area (Å²) in [7, 11) is 0. The Morgan fingerprint density at radius 2 is 1.93 bits per heavy atom. The van der Waals surface area contributed by atoms with Crippen molar-refractivity contribution in [1.29, 1.82) is 0 Å². The van der Waals surface area contributed by atoms with E-state index in [0.29, 0.717) is 18.6 Å². The molecule has 3 atom stereocenters. The van der Waals surface area contributed by atoms with Crippen molar-refractivity contribution in [3.8, 4) is 0 Å². The van der Waals surface area contributed by atoms with Crippen LogP contribution in [0.1, 0.15) is 56.9 Å². The van der Waals surface area contributed by atoms with Gasteiger partial charge in [0.1, 0.15) is 0 Å². The largest absolute Gasteiger partial charge is 0.298 e. The monoisotopic (exact) mass is 394 g/mol. The lowest BCUT2D eigenvalue weighted by Crippen LogP contribution is -2.54. The number of hydrogen-bond donors (Lipinski definition) is 0. The average Bonchev–Trinajstić information content (AvgIpc) is 2.70. The molecule has 29 heavy (non-hydrogen) atoms. The van der Waals surface area contributed by atoms with Gasteiger partial charge in [-0.3, -0.25) is 19.2 Å². The normalized spacial score (nSPS) is 25.1. The average molecular weight is 395 g/mol. The summed E-state index contributed by atoms with van der Waals surface area (Å²) < 4.78 is 1.91. The van der Waals surface area contributed by atoms with Gasteiger partial charge in [-0.15, -0.1) is 0 Å². The summed E-state index contributed by atoms with van der Waals surface area (Å²) in [6.45, 7) is 12.3. The van der Waals surface area contributed by atoms with Crippen molar-refractivity contribution >= 4 is 11.6 Å². The van der Waals surface area contributed by atoms with Crippen LogP contribution in [0.2, 0.25) is 0 Å². The first-order valence-electron chi connectivity index (χ1n) is 11.1. The summed E-state index contributed by atoms with van der Waals surface area (Å²) in [6, 6.07) is 9.02. The van der Waals surface area contributed by atoms with Gasteiger partial charge < -0.3 is 0 Å². The first-order valence-corrected chi connectivity index (χ1v) is 11.1. The van der Waals surface area contributed by atoms with E-state index in [4.69, 9.17) is 4.98 Å². The van der Waals surface area contributed by atoms with Gasteiger partial charge in [0.15, 0.2) is 0 Å². The van der Waals surface area contributed by atoms with Gasteiger partial charge in [0, 0.05) is 23.0 Å². The quantitative estimate of drug-likeness (QED) is 0.762. The molecule has 1 aliphatic carbocycles. The van der Waals surface area contributed by atoms with Crippen LogP contribution in [0.5, 0.6) is 0 Å². The summed E-state index contributed by atoms with van der Waals surface area (Å²) in [5.41, 5.74) is 4.14. The van der Waals surface area contributed by atoms with Crippen LogP contribution in [0, 0.1) is 25.7 Å². The summed E-state index contributed by atoms with van der Waals surface area (Å²) in [5, 5.41) is 0. The number of benzene rings is 1. The van der Waals surface area contributed by atoms with Crippen molar-refractivity contribution in [2.45, 2.75) is 73.0 Å². The molecule has 5 heteroatoms. The molecule has 0 bridgehead atoms. The molecule has 1 aromatic heterocycles. The predicted octanol–water partition coefficient (Wildman–Crippen LogP) is 4.62. The van der Waals surface area contributed by atoms with Crippen LogP contribution in [0.3, 0.4) is 0 Å². The first kappa shape index (κ1) is 20.1. The van der Waals surface area contributed by atoms with Gasteiger partial charge >= 0.3 is 0 Å². The van der Waals surface area contributed by atoms with Crippen LogP contribution < -0.4 is 10.5 Å². The Bertz CT molecular complexity index is 950. The van der Waals surface area contributed by atoms with Crippen LogP contribution in [0.25, 0.3) is 0 Å². The highest BCUT2D eigenvalue weighted by molar-refractivity contribution is 5.59. The molecule has 1 fully saturated rings. The molecule has 0 saturated heterocycles. The lowest BCUT2D eigenvalue weighted by atomic mass is 9.77. The zero-order chi connectivity index (χ0) is 20.7. The van der Waals surface area contributed by atoms with E-state index in [1.165, 1.54) is 24.8 Å². The molecule has 3 unspecified atom stereocenters. The molecule has 2 aliphatic rings. The topological polar surface area (TPSA) is 41.4 Å². The van der Waals surface area contributed by atoms with Crippen molar-refractivity contribution in [3.63, 3.8) is 0 Å². The molecule has 156 valence electrons. The van der Waals surface area contributed by atoms with Gasteiger partial charge in [-0.2, -0.15) is 0 Å². The molecule has 2 heterocycles. The van der Waals surface area contributed by atoms with E-state index in [9.17, 15) is 4.79 Å². The molecule has 1 aromatic carbocycles. The number of aromatic nitrogens is 2. The smallest absolute Gasteiger partial charge is 0.259 e. The Hall–Kier alpha value is -2.14. The molecular formula is C24H34N4O. The van der Waals surface area contributed by atoms with Crippen molar-refractivity contribution in [2.75, 3.05) is 11.6 Å². The molecule has 5 nitrogen and oxygen atoms in total. The van der Waals surface area contributed by atoms with E-state index in [1.807, 2.05) is 18.4 Å². The van der Waals surface area contributed by atoms with Crippen molar-refractivity contribution in [1.82, 2.24) is 14.5 Å². The van der Waals surface area contributed by atoms with E-state index in [2.05, 4.69) is 54.8 Å². The lowest BCUT2D eigenvalue weighted by molar-refractivity contribution is 0.0491. The lowest BCUT2D eigenvalue weighted by Gasteiger charge is -2.46. The molecule has 0 amide bonds. The Balaban J connectivity index is 1.82. The van der Waals surface area contributed by atoms with Gasteiger partial charge in [0.2, 0.25) is 5.95 Å². The van der Waals surface area contributed by atoms with Crippen LogP contribution in [-0.4, -0.2) is 27.2 Å². The second-order valence-corrected chi connectivity index (χ2v) is 9.04. The highest BCUT2D eigenvalue weighted by atomic mass is 16.1. The first-order chi connectivity index (χ1) is 13.9. The van der Waals surface area contributed by atoms with Crippen molar-refractivity contribution in [2.24, 2.45) is 11.8 Å². The number of anilines is 2. The van der Waals surface area contributed by atoms with Gasteiger partial charge in [0.25, 0.3) is 5.56 Å². The van der Waals surface area contributed by atoms with Crippen molar-refractivity contribution < 1.29 is 0 Å². The highest BCUT2D eigenvalue weighted by Crippen LogP contribution is 2.36. The van der Waals surface area contributed by atoms with Gasteiger partial charge in [0.05, 0.1) is 13.3 Å². The van der Waals surface area contributed by atoms with E-state index in [-0.39, 0.29) is 5.56 Å². The third kappa shape index (κ3) is 3.61. The predicted molar refractivity (Wildman–Crippen MR) is 119 cm³/mol. The van der Waals surface area contributed by atoms with Crippen LogP contribution >= 0.6 is 0 Å². The summed E-state index contributed by atoms with van der Waals surface area (Å²) in [5.74, 6) is 2.13. The summed E-state index contributed by atoms with van der Waals surface area (Å²) in [4.78, 5) is 23.0. The Labute approximate surface area is 174 Å². The van der Waals surface area contributed by atoms with E-state index in [1.54, 1.807) is 0 Å². The number of nitrogens with zero attached hydrogens (tertiary/aromatic N) is 4. The van der Waals surface area contributed by atoms with Crippen LogP contribution in [0.15, 0.2) is 29.1 Å². The highest BCUT2D eigenvalue weighted by Gasteiger charge is 2.36. The Kier molecular flexibility index (Phi) is 5.52. The second-order valence-electron chi connectivity index (χ2n) is 9.04. The maximum atomic E-state index is 13.4. The Morgan fingerprint density at radius 1 is 1.14 bits per heavy atom. The van der Waals surface area contributed by atoms with Gasteiger partial charge in [-0.05, 0) is 56.2 Å². The molecule has 2 aromatic rings. The summed E-state index contributed by atoms with van der Waals surface area (Å²) >= 11 is 0. The zero-order valence-electron chi connectivity index (χ0n) is 18.5. The zero-order valence-corrected chi connectivity index (χ0v) is 18.5. The summed E-state index contributed by atoms with van der Waals surface area (Å²) in [6.07, 6.45) is 4.51. The van der Waals surface area contributed by atoms with Crippen LogP contribution in [-0.2, 0) is 13.1 Å². The number of aryl methyl sites for hydroxylation is 2. The third-order valence-electron chi connectivity index (χ3n) is 7.14. The van der Waals surface area contributed by atoms with E-state index < -0.39 is 0 Å². The third-order valence-corrected chi connectivity index (χ3v) is 7.14. The van der Waals surface area contributed by atoms with Crippen LogP contribution in [0.4, 0.5) is 11.6 Å². The number of rotatable bonds is 3. The van der Waals surface area contributed by atoms with Gasteiger partial charge in [-0.25, -0.2) is 4.98 Å². The molecule has 1 saturated carbocycles. The molecular weight excluding hydrogens is 360 g/mol. The minimum absolute atomic E-state index is 0.119. The number of hydrogen-bond acceptors (Lipinski definition) is 4. The molecule has 0 N–H and O–H groups in total. The fourth-order valence-electron chi connectivity index (χ4n) is 5.17. The minimum Gasteiger partial charge on any atom is -0.298 e. The molecule has 0 spiro atoms. The molecule has 0 radical (unpaired) electrons. The maximum Gasteiger partial charge on any atom is 0.259 e. The fraction of sp³-hybridized carbons (Fsp3) is 0.583. The number of fused-ring (bicyclic) bond motifs is 1. The minimum atomic E-state index is 0.119. The second kappa shape index (κ2) is 7.94. The molecule has 4 rings (SSSR count). The standard InChI is InChI=1S/C24H34N4O/c1-6-21-19(5)25-24-27(20-11-7-9-16(2)13-20)14-26(15-28(24)23(21)29)22-12-8-10-17(3)18(22)4/h7,9,11,13,17-18,22H,6,8,10,12,14-15H2,1-5H3. The van der Waals surface area contributed by atoms with E-state index in [0.717, 1.165) is 41.9 Å². The Morgan fingerprint density at radius 3 is 2.66 bits per heavy atom. The van der Waals surface area contributed by atoms with Crippen molar-refractivity contribution in [3.05, 3.63) is 51.4 Å².